The van der Waals surface area contributed by atoms with E-state index in [-0.39, 0.29) is 16.8 Å². The topological polar surface area (TPSA) is 70.1 Å². The van der Waals surface area contributed by atoms with Crippen LogP contribution < -0.4 is 14.5 Å². The van der Waals surface area contributed by atoms with Crippen LogP contribution in [0.5, 0.6) is 5.75 Å². The van der Waals surface area contributed by atoms with Crippen molar-refractivity contribution in [3.63, 3.8) is 0 Å². The van der Waals surface area contributed by atoms with Gasteiger partial charge < -0.3 is 14.7 Å². The molecule has 0 saturated carbocycles. The SMILES string of the molecule is CCN(CC)c1ccc(C2/C(=C(\O)c3cccc(OC)c3)C(=O)C(=O)N2c2cc(F)ccc2F)cc1. The number of halogens is 2. The molecule has 0 bridgehead atoms. The maximum Gasteiger partial charge on any atom is 0.300 e. The molecule has 0 aromatic heterocycles. The van der Waals surface area contributed by atoms with Crippen LogP contribution in [-0.2, 0) is 9.59 Å². The number of benzene rings is 3. The van der Waals surface area contributed by atoms with Crippen molar-refractivity contribution in [3.05, 3.63) is 95.1 Å². The van der Waals surface area contributed by atoms with E-state index < -0.39 is 35.1 Å². The van der Waals surface area contributed by atoms with Crippen LogP contribution in [0.25, 0.3) is 5.76 Å². The molecule has 1 heterocycles. The fraction of sp³-hybridized carbons (Fsp3) is 0.214. The molecule has 1 saturated heterocycles. The summed E-state index contributed by atoms with van der Waals surface area (Å²) >= 11 is 0. The van der Waals surface area contributed by atoms with Crippen molar-refractivity contribution < 1.29 is 28.2 Å². The minimum Gasteiger partial charge on any atom is -0.507 e. The smallest absolute Gasteiger partial charge is 0.300 e. The van der Waals surface area contributed by atoms with Crippen LogP contribution in [0.3, 0.4) is 0 Å². The van der Waals surface area contributed by atoms with E-state index in [2.05, 4.69) is 4.90 Å². The zero-order chi connectivity index (χ0) is 26.0. The van der Waals surface area contributed by atoms with Gasteiger partial charge >= 0.3 is 0 Å². The molecule has 0 spiro atoms. The third kappa shape index (κ3) is 4.42. The fourth-order valence-electron chi connectivity index (χ4n) is 4.45. The number of carbonyl (C=O) groups is 2. The summed E-state index contributed by atoms with van der Waals surface area (Å²) in [5.41, 5.74) is 1.01. The number of carbonyl (C=O) groups excluding carboxylic acids is 2. The normalized spacial score (nSPS) is 16.9. The summed E-state index contributed by atoms with van der Waals surface area (Å²) in [4.78, 5) is 29.5. The van der Waals surface area contributed by atoms with Gasteiger partial charge in [-0.25, -0.2) is 8.78 Å². The average Bonchev–Trinajstić information content (AvgIpc) is 3.16. The molecule has 1 aliphatic rings. The first kappa shape index (κ1) is 24.9. The molecular formula is C28H26F2N2O4. The van der Waals surface area contributed by atoms with Crippen molar-refractivity contribution in [3.8, 4) is 5.75 Å². The Labute approximate surface area is 208 Å². The predicted molar refractivity (Wildman–Crippen MR) is 134 cm³/mol. The Morgan fingerprint density at radius 2 is 1.69 bits per heavy atom. The summed E-state index contributed by atoms with van der Waals surface area (Å²) in [6.07, 6.45) is 0. The number of hydrogen-bond donors (Lipinski definition) is 1. The van der Waals surface area contributed by atoms with Gasteiger partial charge in [-0.2, -0.15) is 0 Å². The van der Waals surface area contributed by atoms with E-state index in [4.69, 9.17) is 4.74 Å². The third-order valence-corrected chi connectivity index (χ3v) is 6.29. The molecule has 1 atom stereocenters. The van der Waals surface area contributed by atoms with Gasteiger partial charge in [0.2, 0.25) is 0 Å². The molecule has 0 radical (unpaired) electrons. The minimum absolute atomic E-state index is 0.229. The van der Waals surface area contributed by atoms with Crippen molar-refractivity contribution in [2.24, 2.45) is 0 Å². The summed E-state index contributed by atoms with van der Waals surface area (Å²) in [6, 6.07) is 15.0. The van der Waals surface area contributed by atoms with Gasteiger partial charge in [-0.15, -0.1) is 0 Å². The van der Waals surface area contributed by atoms with Crippen LogP contribution >= 0.6 is 0 Å². The zero-order valence-corrected chi connectivity index (χ0v) is 20.2. The number of ketones is 1. The van der Waals surface area contributed by atoms with E-state index in [0.29, 0.717) is 11.3 Å². The van der Waals surface area contributed by atoms with Gasteiger partial charge in [-0.3, -0.25) is 14.5 Å². The van der Waals surface area contributed by atoms with Gasteiger partial charge in [0, 0.05) is 30.4 Å². The van der Waals surface area contributed by atoms with Gasteiger partial charge in [-0.1, -0.05) is 24.3 Å². The highest BCUT2D eigenvalue weighted by Crippen LogP contribution is 2.43. The first-order valence-corrected chi connectivity index (χ1v) is 11.6. The maximum absolute atomic E-state index is 14.8. The number of ether oxygens (including phenoxy) is 1. The maximum atomic E-state index is 14.8. The lowest BCUT2D eigenvalue weighted by molar-refractivity contribution is -0.132. The highest BCUT2D eigenvalue weighted by Gasteiger charge is 2.47. The van der Waals surface area contributed by atoms with Gasteiger partial charge in [0.15, 0.2) is 0 Å². The molecule has 1 aliphatic heterocycles. The van der Waals surface area contributed by atoms with Crippen LogP contribution in [0.2, 0.25) is 0 Å². The highest BCUT2D eigenvalue weighted by molar-refractivity contribution is 6.51. The summed E-state index contributed by atoms with van der Waals surface area (Å²) in [5.74, 6) is -3.71. The van der Waals surface area contributed by atoms with Crippen molar-refractivity contribution in [1.29, 1.82) is 0 Å². The lowest BCUT2D eigenvalue weighted by Gasteiger charge is -2.27. The Hall–Kier alpha value is -4.20. The number of hydrogen-bond acceptors (Lipinski definition) is 5. The number of nitrogens with zero attached hydrogens (tertiary/aromatic N) is 2. The van der Waals surface area contributed by atoms with Crippen molar-refractivity contribution >= 4 is 28.8 Å². The number of anilines is 2. The second-order valence-electron chi connectivity index (χ2n) is 8.26. The number of Topliss-reactive ketones (excluding diaryl/α,β-unsaturated/α-hetero) is 1. The molecule has 8 heteroatoms. The lowest BCUT2D eigenvalue weighted by atomic mass is 9.94. The molecule has 3 aromatic rings. The van der Waals surface area contributed by atoms with E-state index >= 15 is 0 Å². The number of aliphatic hydroxyl groups is 1. The van der Waals surface area contributed by atoms with Crippen LogP contribution in [-0.4, -0.2) is 37.0 Å². The molecule has 0 aliphatic carbocycles. The highest BCUT2D eigenvalue weighted by atomic mass is 19.1. The summed E-state index contributed by atoms with van der Waals surface area (Å²) in [6.45, 7) is 5.59. The zero-order valence-electron chi connectivity index (χ0n) is 20.2. The first-order chi connectivity index (χ1) is 17.3. The minimum atomic E-state index is -1.18. The molecule has 1 fully saturated rings. The van der Waals surface area contributed by atoms with Crippen LogP contribution in [0, 0.1) is 11.6 Å². The molecule has 1 N–H and O–H groups in total. The number of amides is 1. The Balaban J connectivity index is 1.94. The summed E-state index contributed by atoms with van der Waals surface area (Å²) < 4.78 is 34.2. The second-order valence-corrected chi connectivity index (χ2v) is 8.26. The predicted octanol–water partition coefficient (Wildman–Crippen LogP) is 5.45. The standard InChI is InChI=1S/C28H26F2N2O4/c1-4-31(5-2)20-12-9-17(10-13-20)25-24(26(33)18-7-6-8-21(15-18)36-3)27(34)28(35)32(25)23-16-19(29)11-14-22(23)30/h6-16,25,33H,4-5H2,1-3H3/b26-24+. The quantitative estimate of drug-likeness (QED) is 0.270. The van der Waals surface area contributed by atoms with Crippen LogP contribution in [0.4, 0.5) is 20.2 Å². The Bertz CT molecular complexity index is 1330. The average molecular weight is 493 g/mol. The third-order valence-electron chi connectivity index (χ3n) is 6.29. The summed E-state index contributed by atoms with van der Waals surface area (Å²) in [7, 11) is 1.46. The van der Waals surface area contributed by atoms with E-state index in [0.717, 1.165) is 41.9 Å². The van der Waals surface area contributed by atoms with Crippen LogP contribution in [0.1, 0.15) is 31.0 Å². The molecular weight excluding hydrogens is 466 g/mol. The Kier molecular flexibility index (Phi) is 7.05. The first-order valence-electron chi connectivity index (χ1n) is 11.6. The monoisotopic (exact) mass is 492 g/mol. The molecule has 186 valence electrons. The van der Waals surface area contributed by atoms with Crippen molar-refractivity contribution in [2.45, 2.75) is 19.9 Å². The van der Waals surface area contributed by atoms with E-state index in [9.17, 15) is 23.5 Å². The molecule has 4 rings (SSSR count). The molecule has 3 aromatic carbocycles. The van der Waals surface area contributed by atoms with Gasteiger partial charge in [0.05, 0.1) is 24.4 Å². The van der Waals surface area contributed by atoms with Gasteiger partial charge in [-0.05, 0) is 55.8 Å². The summed E-state index contributed by atoms with van der Waals surface area (Å²) in [5, 5.41) is 11.2. The molecule has 6 nitrogen and oxygen atoms in total. The van der Waals surface area contributed by atoms with E-state index in [1.807, 2.05) is 26.0 Å². The van der Waals surface area contributed by atoms with Crippen LogP contribution in [0.15, 0.2) is 72.3 Å². The lowest BCUT2D eigenvalue weighted by Crippen LogP contribution is -2.30. The van der Waals surface area contributed by atoms with Crippen molar-refractivity contribution in [2.75, 3.05) is 30.0 Å². The Morgan fingerprint density at radius 3 is 2.33 bits per heavy atom. The molecule has 1 amide bonds. The number of methoxy groups -OCH3 is 1. The largest absolute Gasteiger partial charge is 0.507 e. The molecule has 1 unspecified atom stereocenters. The number of rotatable bonds is 7. The molecule has 36 heavy (non-hydrogen) atoms. The Morgan fingerprint density at radius 1 is 1.00 bits per heavy atom. The van der Waals surface area contributed by atoms with Gasteiger partial charge in [0.25, 0.3) is 11.7 Å². The van der Waals surface area contributed by atoms with Gasteiger partial charge in [0.1, 0.15) is 23.1 Å². The fourth-order valence-corrected chi connectivity index (χ4v) is 4.45. The van der Waals surface area contributed by atoms with E-state index in [1.165, 1.54) is 13.2 Å². The van der Waals surface area contributed by atoms with Crippen molar-refractivity contribution in [1.82, 2.24) is 0 Å². The van der Waals surface area contributed by atoms with E-state index in [1.54, 1.807) is 30.3 Å². The second kappa shape index (κ2) is 10.2. The number of aliphatic hydroxyl groups excluding tert-OH is 1.